The molecule has 3 aromatic rings. The van der Waals surface area contributed by atoms with E-state index in [4.69, 9.17) is 4.42 Å². The number of aromatic nitrogens is 2. The van der Waals surface area contributed by atoms with Crippen LogP contribution < -0.4 is 0 Å². The van der Waals surface area contributed by atoms with Gasteiger partial charge in [0.2, 0.25) is 11.8 Å². The SMILES string of the molecule is Cc1cc(C)c(C)c(-c2nnc(-c3c(C)c(C)cc(C)c3C)o2)c1C. The van der Waals surface area contributed by atoms with E-state index < -0.39 is 0 Å². The fourth-order valence-corrected chi connectivity index (χ4v) is 3.50. The third-order valence-electron chi connectivity index (χ3n) is 5.58. The monoisotopic (exact) mass is 334 g/mol. The van der Waals surface area contributed by atoms with E-state index in [-0.39, 0.29) is 0 Å². The average Bonchev–Trinajstić information content (AvgIpc) is 3.01. The van der Waals surface area contributed by atoms with Gasteiger partial charge in [0, 0.05) is 11.1 Å². The Hall–Kier alpha value is -2.42. The minimum absolute atomic E-state index is 0.606. The highest BCUT2D eigenvalue weighted by Gasteiger charge is 2.20. The molecular weight excluding hydrogens is 308 g/mol. The molecule has 130 valence electrons. The third-order valence-corrected chi connectivity index (χ3v) is 5.58. The van der Waals surface area contributed by atoms with Crippen molar-refractivity contribution >= 4 is 0 Å². The molecule has 0 aliphatic rings. The van der Waals surface area contributed by atoms with Crippen LogP contribution in [0.3, 0.4) is 0 Å². The maximum absolute atomic E-state index is 6.18. The largest absolute Gasteiger partial charge is 0.416 e. The second-order valence-electron chi connectivity index (χ2n) is 7.18. The zero-order valence-electron chi connectivity index (χ0n) is 16.5. The molecule has 0 amide bonds. The maximum Gasteiger partial charge on any atom is 0.248 e. The van der Waals surface area contributed by atoms with E-state index in [0.717, 1.165) is 11.1 Å². The van der Waals surface area contributed by atoms with Crippen LogP contribution in [0.15, 0.2) is 16.5 Å². The summed E-state index contributed by atoms with van der Waals surface area (Å²) in [6.07, 6.45) is 0. The fourth-order valence-electron chi connectivity index (χ4n) is 3.50. The molecule has 0 saturated heterocycles. The van der Waals surface area contributed by atoms with Crippen LogP contribution in [-0.4, -0.2) is 10.2 Å². The first kappa shape index (κ1) is 17.4. The Morgan fingerprint density at radius 2 is 0.800 bits per heavy atom. The van der Waals surface area contributed by atoms with Gasteiger partial charge in [-0.15, -0.1) is 10.2 Å². The van der Waals surface area contributed by atoms with Crippen LogP contribution >= 0.6 is 0 Å². The summed E-state index contributed by atoms with van der Waals surface area (Å²) in [4.78, 5) is 0. The summed E-state index contributed by atoms with van der Waals surface area (Å²) in [7, 11) is 0. The predicted molar refractivity (Wildman–Crippen MR) is 103 cm³/mol. The van der Waals surface area contributed by atoms with E-state index in [9.17, 15) is 0 Å². The van der Waals surface area contributed by atoms with E-state index in [2.05, 4.69) is 77.7 Å². The van der Waals surface area contributed by atoms with Gasteiger partial charge in [0.25, 0.3) is 0 Å². The van der Waals surface area contributed by atoms with Gasteiger partial charge in [-0.25, -0.2) is 0 Å². The first-order valence-electron chi connectivity index (χ1n) is 8.71. The van der Waals surface area contributed by atoms with Crippen molar-refractivity contribution in [2.45, 2.75) is 55.4 Å². The summed E-state index contributed by atoms with van der Waals surface area (Å²) in [5, 5.41) is 8.78. The highest BCUT2D eigenvalue weighted by atomic mass is 16.4. The summed E-state index contributed by atoms with van der Waals surface area (Å²) in [5.74, 6) is 1.21. The number of nitrogens with zero attached hydrogens (tertiary/aromatic N) is 2. The molecule has 0 aliphatic heterocycles. The van der Waals surface area contributed by atoms with Crippen molar-refractivity contribution in [1.29, 1.82) is 0 Å². The molecule has 3 heteroatoms. The van der Waals surface area contributed by atoms with Gasteiger partial charge in [0.1, 0.15) is 0 Å². The summed E-state index contributed by atoms with van der Waals surface area (Å²) in [6, 6.07) is 4.42. The maximum atomic E-state index is 6.18. The minimum Gasteiger partial charge on any atom is -0.416 e. The zero-order valence-corrected chi connectivity index (χ0v) is 16.5. The van der Waals surface area contributed by atoms with Gasteiger partial charge >= 0.3 is 0 Å². The number of benzene rings is 2. The molecule has 0 bridgehead atoms. The van der Waals surface area contributed by atoms with E-state index in [1.54, 1.807) is 0 Å². The normalized spacial score (nSPS) is 11.2. The van der Waals surface area contributed by atoms with Gasteiger partial charge in [0.05, 0.1) is 0 Å². The van der Waals surface area contributed by atoms with Crippen molar-refractivity contribution < 1.29 is 4.42 Å². The molecule has 0 aliphatic carbocycles. The van der Waals surface area contributed by atoms with Crippen molar-refractivity contribution in [2.24, 2.45) is 0 Å². The minimum atomic E-state index is 0.606. The quantitative estimate of drug-likeness (QED) is 0.588. The smallest absolute Gasteiger partial charge is 0.248 e. The molecule has 0 atom stereocenters. The lowest BCUT2D eigenvalue weighted by Crippen LogP contribution is -1.95. The Morgan fingerprint density at radius 3 is 1.08 bits per heavy atom. The Bertz CT molecular complexity index is 850. The van der Waals surface area contributed by atoms with Crippen LogP contribution in [0.2, 0.25) is 0 Å². The van der Waals surface area contributed by atoms with Gasteiger partial charge in [-0.05, 0) is 99.9 Å². The van der Waals surface area contributed by atoms with E-state index in [1.807, 2.05) is 0 Å². The molecule has 3 nitrogen and oxygen atoms in total. The zero-order chi connectivity index (χ0) is 18.5. The predicted octanol–water partition coefficient (Wildman–Crippen LogP) is 5.87. The molecular formula is C22H26N2O. The van der Waals surface area contributed by atoms with Gasteiger partial charge < -0.3 is 4.42 Å². The molecule has 3 rings (SSSR count). The van der Waals surface area contributed by atoms with E-state index in [0.29, 0.717) is 11.8 Å². The van der Waals surface area contributed by atoms with Gasteiger partial charge in [-0.3, -0.25) is 0 Å². The van der Waals surface area contributed by atoms with E-state index >= 15 is 0 Å². The highest BCUT2D eigenvalue weighted by molar-refractivity contribution is 5.70. The van der Waals surface area contributed by atoms with Crippen LogP contribution in [0.25, 0.3) is 22.9 Å². The van der Waals surface area contributed by atoms with Crippen molar-refractivity contribution in [2.75, 3.05) is 0 Å². The first-order valence-corrected chi connectivity index (χ1v) is 8.71. The van der Waals surface area contributed by atoms with Crippen LogP contribution in [-0.2, 0) is 0 Å². The summed E-state index contributed by atoms with van der Waals surface area (Å²) >= 11 is 0. The van der Waals surface area contributed by atoms with Gasteiger partial charge in [-0.1, -0.05) is 12.1 Å². The van der Waals surface area contributed by atoms with Crippen molar-refractivity contribution in [3.63, 3.8) is 0 Å². The Labute approximate surface area is 150 Å². The molecule has 0 radical (unpaired) electrons. The van der Waals surface area contributed by atoms with Crippen LogP contribution in [0.5, 0.6) is 0 Å². The van der Waals surface area contributed by atoms with E-state index in [1.165, 1.54) is 44.5 Å². The Morgan fingerprint density at radius 1 is 0.520 bits per heavy atom. The Kier molecular flexibility index (Phi) is 4.28. The van der Waals surface area contributed by atoms with Crippen molar-refractivity contribution in [1.82, 2.24) is 10.2 Å². The molecule has 0 saturated carbocycles. The lowest BCUT2D eigenvalue weighted by molar-refractivity contribution is 0.582. The van der Waals surface area contributed by atoms with Crippen LogP contribution in [0.4, 0.5) is 0 Å². The molecule has 0 fully saturated rings. The molecule has 1 aromatic heterocycles. The fraction of sp³-hybridized carbons (Fsp3) is 0.364. The average molecular weight is 334 g/mol. The summed E-state index contributed by atoms with van der Waals surface area (Å²) in [5.41, 5.74) is 11.9. The van der Waals surface area contributed by atoms with Crippen LogP contribution in [0, 0.1) is 55.4 Å². The molecule has 0 unspecified atom stereocenters. The molecule has 25 heavy (non-hydrogen) atoms. The molecule has 2 aromatic carbocycles. The Balaban J connectivity index is 2.22. The second-order valence-corrected chi connectivity index (χ2v) is 7.18. The standard InChI is InChI=1S/C22H26N2O/c1-11-9-12(2)16(6)19(15(11)5)21-23-24-22(25-21)20-17(7)13(3)10-14(4)18(20)8/h9-10H,1-8H3. The molecule has 0 N–H and O–H groups in total. The van der Waals surface area contributed by atoms with Crippen LogP contribution in [0.1, 0.15) is 44.5 Å². The summed E-state index contributed by atoms with van der Waals surface area (Å²) in [6.45, 7) is 17.0. The van der Waals surface area contributed by atoms with Crippen molar-refractivity contribution in [3.8, 4) is 22.9 Å². The lowest BCUT2D eigenvalue weighted by atomic mass is 9.94. The van der Waals surface area contributed by atoms with Gasteiger partial charge in [-0.2, -0.15) is 0 Å². The third kappa shape index (κ3) is 2.78. The number of hydrogen-bond donors (Lipinski definition) is 0. The molecule has 1 heterocycles. The van der Waals surface area contributed by atoms with Gasteiger partial charge in [0.15, 0.2) is 0 Å². The summed E-state index contributed by atoms with van der Waals surface area (Å²) < 4.78 is 6.18. The first-order chi connectivity index (χ1) is 11.7. The highest BCUT2D eigenvalue weighted by Crippen LogP contribution is 2.35. The topological polar surface area (TPSA) is 38.9 Å². The number of aryl methyl sites for hydroxylation is 4. The second kappa shape index (κ2) is 6.14. The number of hydrogen-bond acceptors (Lipinski definition) is 3. The lowest BCUT2D eigenvalue weighted by Gasteiger charge is -2.13. The molecule has 0 spiro atoms. The van der Waals surface area contributed by atoms with Crippen molar-refractivity contribution in [3.05, 3.63) is 56.6 Å². The number of rotatable bonds is 2.